The van der Waals surface area contributed by atoms with Gasteiger partial charge in [-0.3, -0.25) is 0 Å². The van der Waals surface area contributed by atoms with Crippen LogP contribution in [-0.4, -0.2) is 41.9 Å². The van der Waals surface area contributed by atoms with E-state index in [-0.39, 0.29) is 12.1 Å². The minimum Gasteiger partial charge on any atom is -0.379 e. The summed E-state index contributed by atoms with van der Waals surface area (Å²) < 4.78 is 10.4. The summed E-state index contributed by atoms with van der Waals surface area (Å²) in [5.41, 5.74) is 2.52. The fraction of sp³-hybridized carbons (Fsp3) is 0.412. The lowest BCUT2D eigenvalue weighted by molar-refractivity contribution is 0.140. The Kier molecular flexibility index (Phi) is 3.75. The van der Waals surface area contributed by atoms with Gasteiger partial charge in [0.25, 0.3) is 0 Å². The molecule has 6 nitrogen and oxygen atoms in total. The van der Waals surface area contributed by atoms with Crippen molar-refractivity contribution in [2.24, 2.45) is 5.92 Å². The van der Waals surface area contributed by atoms with Gasteiger partial charge in [-0.15, -0.1) is 0 Å². The van der Waals surface area contributed by atoms with Crippen molar-refractivity contribution in [1.29, 1.82) is 0 Å². The molecule has 120 valence electrons. The predicted molar refractivity (Wildman–Crippen MR) is 85.0 cm³/mol. The summed E-state index contributed by atoms with van der Waals surface area (Å²) in [4.78, 5) is 14.5. The van der Waals surface area contributed by atoms with E-state index >= 15 is 0 Å². The minimum absolute atomic E-state index is 0.0422. The van der Waals surface area contributed by atoms with Crippen LogP contribution >= 0.6 is 0 Å². The Labute approximate surface area is 134 Å². The number of rotatable bonds is 2. The van der Waals surface area contributed by atoms with E-state index in [2.05, 4.69) is 10.5 Å². The van der Waals surface area contributed by atoms with Crippen molar-refractivity contribution in [1.82, 2.24) is 10.1 Å². The summed E-state index contributed by atoms with van der Waals surface area (Å²) in [6.07, 6.45) is 3.74. The van der Waals surface area contributed by atoms with Crippen molar-refractivity contribution in [3.05, 3.63) is 36.6 Å². The highest BCUT2D eigenvalue weighted by molar-refractivity contribution is 5.90. The van der Waals surface area contributed by atoms with Gasteiger partial charge in [0.15, 0.2) is 0 Å². The fourth-order valence-corrected chi connectivity index (χ4v) is 3.43. The van der Waals surface area contributed by atoms with E-state index < -0.39 is 0 Å². The summed E-state index contributed by atoms with van der Waals surface area (Å²) >= 11 is 0. The van der Waals surface area contributed by atoms with Gasteiger partial charge in [-0.25, -0.2) is 4.79 Å². The second kappa shape index (κ2) is 6.04. The molecule has 23 heavy (non-hydrogen) atoms. The van der Waals surface area contributed by atoms with Crippen LogP contribution in [0.5, 0.6) is 0 Å². The van der Waals surface area contributed by atoms with E-state index in [0.717, 1.165) is 42.9 Å². The predicted octanol–water partition coefficient (Wildman–Crippen LogP) is 2.98. The van der Waals surface area contributed by atoms with Crippen LogP contribution in [0.3, 0.4) is 0 Å². The van der Waals surface area contributed by atoms with Gasteiger partial charge in [0.2, 0.25) is 0 Å². The van der Waals surface area contributed by atoms with Crippen molar-refractivity contribution in [3.8, 4) is 11.3 Å². The van der Waals surface area contributed by atoms with Crippen LogP contribution < -0.4 is 5.32 Å². The first kappa shape index (κ1) is 14.3. The average Bonchev–Trinajstić information content (AvgIpc) is 3.26. The zero-order valence-electron chi connectivity index (χ0n) is 12.8. The molecule has 1 aromatic carbocycles. The first-order valence-electron chi connectivity index (χ1n) is 7.97. The lowest BCUT2D eigenvalue weighted by atomic mass is 9.92. The highest BCUT2D eigenvalue weighted by Gasteiger charge is 2.38. The number of hydrogen-bond donors (Lipinski definition) is 1. The maximum atomic E-state index is 12.6. The number of ether oxygens (including phenoxy) is 1. The van der Waals surface area contributed by atoms with Crippen LogP contribution in [0, 0.1) is 5.92 Å². The Morgan fingerprint density at radius 3 is 2.87 bits per heavy atom. The lowest BCUT2D eigenvalue weighted by Gasteiger charge is -2.36. The Bertz CT molecular complexity index is 669. The molecule has 0 radical (unpaired) electrons. The molecular weight excluding hydrogens is 294 g/mol. The fourth-order valence-electron chi connectivity index (χ4n) is 3.43. The number of benzene rings is 1. The number of aromatic nitrogens is 1. The Morgan fingerprint density at radius 2 is 2.09 bits per heavy atom. The lowest BCUT2D eigenvalue weighted by Crippen LogP contribution is -2.49. The van der Waals surface area contributed by atoms with Crippen molar-refractivity contribution in [3.63, 3.8) is 0 Å². The molecule has 2 aliphatic heterocycles. The topological polar surface area (TPSA) is 67.6 Å². The van der Waals surface area contributed by atoms with E-state index in [1.54, 1.807) is 6.26 Å². The molecule has 0 unspecified atom stereocenters. The number of anilines is 1. The normalized spacial score (nSPS) is 23.6. The molecular formula is C17H19N3O3. The molecule has 1 N–H and O–H groups in total. The molecule has 6 heteroatoms. The smallest absolute Gasteiger partial charge is 0.322 e. The number of urea groups is 1. The van der Waals surface area contributed by atoms with E-state index in [9.17, 15) is 4.79 Å². The number of carbonyl (C=O) groups excluding carboxylic acids is 1. The summed E-state index contributed by atoms with van der Waals surface area (Å²) in [5.74, 6) is 0.490. The van der Waals surface area contributed by atoms with Crippen LogP contribution in [0.1, 0.15) is 12.8 Å². The van der Waals surface area contributed by atoms with Crippen LogP contribution in [0.15, 0.2) is 41.1 Å². The van der Waals surface area contributed by atoms with Gasteiger partial charge < -0.3 is 19.5 Å². The largest absolute Gasteiger partial charge is 0.379 e. The zero-order valence-corrected chi connectivity index (χ0v) is 12.8. The molecule has 0 spiro atoms. The number of piperidine rings is 1. The first-order chi connectivity index (χ1) is 11.3. The summed E-state index contributed by atoms with van der Waals surface area (Å²) in [5, 5.41) is 6.89. The molecule has 2 aliphatic rings. The number of nitrogens with zero attached hydrogens (tertiary/aromatic N) is 2. The summed E-state index contributed by atoms with van der Waals surface area (Å²) in [7, 11) is 0. The van der Waals surface area contributed by atoms with Gasteiger partial charge in [0.1, 0.15) is 12.0 Å². The maximum absolute atomic E-state index is 12.6. The molecule has 1 aromatic heterocycles. The Hall–Kier alpha value is -2.34. The number of fused-ring (bicyclic) bond motifs is 1. The summed E-state index contributed by atoms with van der Waals surface area (Å²) in [6.45, 7) is 2.23. The second-order valence-corrected chi connectivity index (χ2v) is 6.09. The van der Waals surface area contributed by atoms with Gasteiger partial charge in [-0.1, -0.05) is 17.3 Å². The van der Waals surface area contributed by atoms with Crippen molar-refractivity contribution in [2.75, 3.05) is 25.1 Å². The third-order valence-electron chi connectivity index (χ3n) is 4.67. The zero-order chi connectivity index (χ0) is 15.6. The molecule has 2 fully saturated rings. The van der Waals surface area contributed by atoms with Crippen molar-refractivity contribution >= 4 is 11.7 Å². The average molecular weight is 313 g/mol. The minimum atomic E-state index is -0.0422. The first-order valence-corrected chi connectivity index (χ1v) is 7.97. The van der Waals surface area contributed by atoms with E-state index in [1.165, 1.54) is 0 Å². The molecule has 2 amide bonds. The number of carbonyl (C=O) groups is 1. The van der Waals surface area contributed by atoms with Gasteiger partial charge in [0, 0.05) is 29.8 Å². The summed E-state index contributed by atoms with van der Waals surface area (Å²) in [6, 6.07) is 9.60. The Balaban J connectivity index is 1.44. The number of likely N-dealkylation sites (tertiary alicyclic amines) is 1. The highest BCUT2D eigenvalue weighted by Crippen LogP contribution is 2.29. The van der Waals surface area contributed by atoms with Gasteiger partial charge >= 0.3 is 6.03 Å². The number of amides is 2. The monoisotopic (exact) mass is 313 g/mol. The molecule has 0 aliphatic carbocycles. The maximum Gasteiger partial charge on any atom is 0.322 e. The van der Waals surface area contributed by atoms with Crippen molar-refractivity contribution < 1.29 is 14.1 Å². The molecule has 2 saturated heterocycles. The molecule has 3 heterocycles. The molecule has 0 bridgehead atoms. The number of nitrogens with one attached hydrogen (secondary N) is 1. The Morgan fingerprint density at radius 1 is 1.22 bits per heavy atom. The van der Waals surface area contributed by atoms with Crippen LogP contribution in [0.4, 0.5) is 10.5 Å². The number of hydrogen-bond acceptors (Lipinski definition) is 4. The SMILES string of the molecule is O=C(Nc1ccc(-c2ccon2)cc1)N1CCC[C@@H]2COC[C@@H]21. The van der Waals surface area contributed by atoms with Crippen LogP contribution in [0.25, 0.3) is 11.3 Å². The van der Waals surface area contributed by atoms with E-state index in [0.29, 0.717) is 12.5 Å². The van der Waals surface area contributed by atoms with E-state index in [1.807, 2.05) is 35.2 Å². The van der Waals surface area contributed by atoms with Gasteiger partial charge in [0.05, 0.1) is 19.3 Å². The standard InChI is InChI=1S/C17H19N3O3/c21-17(20-8-1-2-13-10-22-11-16(13)20)18-14-5-3-12(4-6-14)15-7-9-23-19-15/h3-7,9,13,16H,1-2,8,10-11H2,(H,18,21)/t13-,16+/m1/s1. The molecule has 4 rings (SSSR count). The van der Waals surface area contributed by atoms with Crippen LogP contribution in [-0.2, 0) is 4.74 Å². The van der Waals surface area contributed by atoms with Gasteiger partial charge in [-0.2, -0.15) is 0 Å². The molecule has 2 atom stereocenters. The third-order valence-corrected chi connectivity index (χ3v) is 4.67. The molecule has 2 aromatic rings. The molecule has 0 saturated carbocycles. The quantitative estimate of drug-likeness (QED) is 0.925. The second-order valence-electron chi connectivity index (χ2n) is 6.09. The van der Waals surface area contributed by atoms with E-state index in [4.69, 9.17) is 9.26 Å². The third kappa shape index (κ3) is 2.82. The van der Waals surface area contributed by atoms with Crippen molar-refractivity contribution in [2.45, 2.75) is 18.9 Å². The van der Waals surface area contributed by atoms with Gasteiger partial charge in [-0.05, 0) is 25.0 Å². The van der Waals surface area contributed by atoms with Crippen LogP contribution in [0.2, 0.25) is 0 Å². The highest BCUT2D eigenvalue weighted by atomic mass is 16.5.